The molecule has 2 rings (SSSR count). The zero-order valence-electron chi connectivity index (χ0n) is 8.61. The molecule has 1 aromatic carbocycles. The van der Waals surface area contributed by atoms with Crippen molar-refractivity contribution in [1.29, 1.82) is 0 Å². The Kier molecular flexibility index (Phi) is 2.74. The van der Waals surface area contributed by atoms with E-state index in [-0.39, 0.29) is 10.9 Å². The molecule has 0 amide bonds. The van der Waals surface area contributed by atoms with Crippen molar-refractivity contribution in [2.24, 2.45) is 0 Å². The van der Waals surface area contributed by atoms with Crippen molar-refractivity contribution in [2.45, 2.75) is 0 Å². The number of rotatable bonds is 3. The number of carboxylic acids is 1. The molecule has 0 atom stereocenters. The molecule has 0 radical (unpaired) electrons. The van der Waals surface area contributed by atoms with Gasteiger partial charge in [-0.2, -0.15) is 0 Å². The molecule has 1 heterocycles. The highest BCUT2D eigenvalue weighted by Crippen LogP contribution is 2.21. The smallest absolute Gasteiger partial charge is 0.328 e. The number of carbonyl (C=O) groups is 2. The average Bonchev–Trinajstić information content (AvgIpc) is 2.71. The Bertz CT molecular complexity index is 628. The summed E-state index contributed by atoms with van der Waals surface area (Å²) in [6, 6.07) is 4.40. The van der Waals surface area contributed by atoms with Crippen LogP contribution in [0.15, 0.2) is 36.5 Å². The lowest BCUT2D eigenvalue weighted by Gasteiger charge is -1.95. The summed E-state index contributed by atoms with van der Waals surface area (Å²) >= 11 is 0. The van der Waals surface area contributed by atoms with Gasteiger partial charge in [0, 0.05) is 23.2 Å². The van der Waals surface area contributed by atoms with E-state index < -0.39 is 17.6 Å². The van der Waals surface area contributed by atoms with Crippen molar-refractivity contribution < 1.29 is 19.1 Å². The van der Waals surface area contributed by atoms with E-state index in [0.717, 1.165) is 12.2 Å². The van der Waals surface area contributed by atoms with Gasteiger partial charge in [0.05, 0.1) is 5.56 Å². The number of aromatic amines is 1. The minimum atomic E-state index is -1.22. The second-order valence-corrected chi connectivity index (χ2v) is 3.40. The molecule has 0 spiro atoms. The van der Waals surface area contributed by atoms with E-state index in [4.69, 9.17) is 5.11 Å². The summed E-state index contributed by atoms with van der Waals surface area (Å²) in [4.78, 5) is 24.7. The number of fused-ring (bicyclic) bond motifs is 1. The van der Waals surface area contributed by atoms with Crippen LogP contribution in [0.2, 0.25) is 0 Å². The number of nitrogens with one attached hydrogen (secondary N) is 1. The van der Waals surface area contributed by atoms with Crippen LogP contribution in [0.1, 0.15) is 10.4 Å². The van der Waals surface area contributed by atoms with Crippen LogP contribution in [-0.2, 0) is 4.79 Å². The highest BCUT2D eigenvalue weighted by Gasteiger charge is 2.13. The first-order chi connectivity index (χ1) is 8.09. The Balaban J connectivity index is 2.49. The molecule has 0 fully saturated rings. The zero-order chi connectivity index (χ0) is 12.4. The van der Waals surface area contributed by atoms with Gasteiger partial charge < -0.3 is 10.1 Å². The normalized spacial score (nSPS) is 11.1. The van der Waals surface area contributed by atoms with E-state index >= 15 is 0 Å². The first-order valence-corrected chi connectivity index (χ1v) is 4.80. The maximum absolute atomic E-state index is 13.5. The fraction of sp³-hybridized carbons (Fsp3) is 0. The number of hydrogen-bond acceptors (Lipinski definition) is 2. The lowest BCUT2D eigenvalue weighted by atomic mass is 10.1. The van der Waals surface area contributed by atoms with Gasteiger partial charge in [0.15, 0.2) is 5.78 Å². The van der Waals surface area contributed by atoms with Gasteiger partial charge in [-0.05, 0) is 18.2 Å². The van der Waals surface area contributed by atoms with E-state index in [9.17, 15) is 14.0 Å². The molecule has 86 valence electrons. The van der Waals surface area contributed by atoms with E-state index in [1.54, 1.807) is 6.07 Å². The van der Waals surface area contributed by atoms with Crippen LogP contribution >= 0.6 is 0 Å². The molecule has 0 unspecified atom stereocenters. The van der Waals surface area contributed by atoms with Gasteiger partial charge in [-0.15, -0.1) is 0 Å². The Hall–Kier alpha value is -2.43. The van der Waals surface area contributed by atoms with Crippen LogP contribution in [0.3, 0.4) is 0 Å². The molecule has 4 nitrogen and oxygen atoms in total. The molecule has 0 saturated carbocycles. The van der Waals surface area contributed by atoms with E-state index in [1.807, 2.05) is 0 Å². The van der Waals surface area contributed by atoms with Crippen LogP contribution in [0.25, 0.3) is 10.9 Å². The van der Waals surface area contributed by atoms with Crippen molar-refractivity contribution in [1.82, 2.24) is 4.98 Å². The number of allylic oxidation sites excluding steroid dienone is 1. The minimum Gasteiger partial charge on any atom is -0.478 e. The van der Waals surface area contributed by atoms with Gasteiger partial charge in [-0.1, -0.05) is 6.07 Å². The predicted molar refractivity (Wildman–Crippen MR) is 59.4 cm³/mol. The second-order valence-electron chi connectivity index (χ2n) is 3.40. The number of H-pyrrole nitrogens is 1. The largest absolute Gasteiger partial charge is 0.478 e. The number of benzene rings is 1. The van der Waals surface area contributed by atoms with Crippen molar-refractivity contribution in [3.63, 3.8) is 0 Å². The van der Waals surface area contributed by atoms with Gasteiger partial charge in [-0.25, -0.2) is 9.18 Å². The quantitative estimate of drug-likeness (QED) is 0.630. The summed E-state index contributed by atoms with van der Waals surface area (Å²) in [5, 5.41) is 8.58. The van der Waals surface area contributed by atoms with Gasteiger partial charge in [-0.3, -0.25) is 4.79 Å². The molecule has 0 bridgehead atoms. The van der Waals surface area contributed by atoms with Crippen LogP contribution in [0, 0.1) is 5.82 Å². The topological polar surface area (TPSA) is 70.2 Å². The molecule has 0 aliphatic rings. The Labute approximate surface area is 95.4 Å². The lowest BCUT2D eigenvalue weighted by molar-refractivity contribution is -0.131. The van der Waals surface area contributed by atoms with Crippen molar-refractivity contribution >= 4 is 22.7 Å². The SMILES string of the molecule is O=C(O)/C=C/C(=O)c1c[nH]c2cccc(F)c12. The fourth-order valence-electron chi connectivity index (χ4n) is 1.57. The number of hydrogen-bond donors (Lipinski definition) is 2. The first-order valence-electron chi connectivity index (χ1n) is 4.80. The van der Waals surface area contributed by atoms with Crippen LogP contribution in [-0.4, -0.2) is 21.8 Å². The third-order valence-corrected chi connectivity index (χ3v) is 2.30. The van der Waals surface area contributed by atoms with Crippen LogP contribution in [0.4, 0.5) is 4.39 Å². The zero-order valence-corrected chi connectivity index (χ0v) is 8.61. The molecule has 5 heteroatoms. The second kappa shape index (κ2) is 4.21. The molecule has 0 saturated heterocycles. The van der Waals surface area contributed by atoms with Gasteiger partial charge in [0.2, 0.25) is 0 Å². The average molecular weight is 233 g/mol. The van der Waals surface area contributed by atoms with Crippen LogP contribution < -0.4 is 0 Å². The van der Waals surface area contributed by atoms with E-state index in [2.05, 4.69) is 4.98 Å². The summed E-state index contributed by atoms with van der Waals surface area (Å²) in [6.07, 6.45) is 2.99. The molecular formula is C12H8FNO3. The molecule has 1 aromatic heterocycles. The molecule has 17 heavy (non-hydrogen) atoms. The summed E-state index contributed by atoms with van der Waals surface area (Å²) in [5.74, 6) is -2.29. The van der Waals surface area contributed by atoms with Crippen molar-refractivity contribution in [3.05, 3.63) is 47.9 Å². The Morgan fingerprint density at radius 3 is 2.76 bits per heavy atom. The predicted octanol–water partition coefficient (Wildman–Crippen LogP) is 2.13. The Morgan fingerprint density at radius 2 is 2.06 bits per heavy atom. The van der Waals surface area contributed by atoms with Crippen molar-refractivity contribution in [3.8, 4) is 0 Å². The van der Waals surface area contributed by atoms with Crippen LogP contribution in [0.5, 0.6) is 0 Å². The van der Waals surface area contributed by atoms with Crippen molar-refractivity contribution in [2.75, 3.05) is 0 Å². The maximum atomic E-state index is 13.5. The molecule has 0 aliphatic carbocycles. The number of carboxylic acid groups (broad SMARTS) is 1. The molecule has 0 aliphatic heterocycles. The van der Waals surface area contributed by atoms with E-state index in [1.165, 1.54) is 18.3 Å². The monoisotopic (exact) mass is 233 g/mol. The highest BCUT2D eigenvalue weighted by molar-refractivity contribution is 6.14. The summed E-state index contributed by atoms with van der Waals surface area (Å²) < 4.78 is 13.5. The summed E-state index contributed by atoms with van der Waals surface area (Å²) in [7, 11) is 0. The number of halogens is 1. The third kappa shape index (κ3) is 2.08. The fourth-order valence-corrected chi connectivity index (χ4v) is 1.57. The molecule has 2 N–H and O–H groups in total. The summed E-state index contributed by atoms with van der Waals surface area (Å²) in [5.41, 5.74) is 0.618. The van der Waals surface area contributed by atoms with E-state index in [0.29, 0.717) is 5.52 Å². The number of carbonyl (C=O) groups excluding carboxylic acids is 1. The van der Waals surface area contributed by atoms with Gasteiger partial charge in [0.25, 0.3) is 0 Å². The molecular weight excluding hydrogens is 225 g/mol. The minimum absolute atomic E-state index is 0.121. The number of aliphatic carboxylic acids is 1. The maximum Gasteiger partial charge on any atom is 0.328 e. The van der Waals surface area contributed by atoms with Gasteiger partial charge >= 0.3 is 5.97 Å². The standard InChI is InChI=1S/C12H8FNO3/c13-8-2-1-3-9-12(8)7(6-14-9)10(15)4-5-11(16)17/h1-6,14H,(H,16,17)/b5-4+. The third-order valence-electron chi connectivity index (χ3n) is 2.30. The molecule has 2 aromatic rings. The number of ketones is 1. The number of aromatic nitrogens is 1. The Morgan fingerprint density at radius 1 is 1.29 bits per heavy atom. The first kappa shape index (κ1) is 11.1. The van der Waals surface area contributed by atoms with Gasteiger partial charge in [0.1, 0.15) is 5.82 Å². The summed E-state index contributed by atoms with van der Waals surface area (Å²) in [6.45, 7) is 0. The highest BCUT2D eigenvalue weighted by atomic mass is 19.1. The lowest BCUT2D eigenvalue weighted by Crippen LogP contribution is -1.96.